The van der Waals surface area contributed by atoms with E-state index in [1.165, 1.54) is 18.5 Å². The van der Waals surface area contributed by atoms with Crippen molar-refractivity contribution in [3.8, 4) is 6.07 Å². The van der Waals surface area contributed by atoms with Crippen molar-refractivity contribution in [1.82, 2.24) is 4.98 Å². The molecule has 17 heavy (non-hydrogen) atoms. The molecule has 84 valence electrons. The van der Waals surface area contributed by atoms with Crippen LogP contribution in [0.3, 0.4) is 0 Å². The highest BCUT2D eigenvalue weighted by Gasteiger charge is 2.12. The molecule has 1 aromatic carbocycles. The van der Waals surface area contributed by atoms with Gasteiger partial charge in [-0.15, -0.1) is 0 Å². The quantitative estimate of drug-likeness (QED) is 0.746. The van der Waals surface area contributed by atoms with Gasteiger partial charge >= 0.3 is 0 Å². The van der Waals surface area contributed by atoms with Crippen LogP contribution in [0, 0.1) is 11.3 Å². The van der Waals surface area contributed by atoms with Gasteiger partial charge in [0.1, 0.15) is 11.8 Å². The average Bonchev–Trinajstić information content (AvgIpc) is 2.91. The number of fused-ring (bicyclic) bond motifs is 1. The van der Waals surface area contributed by atoms with Gasteiger partial charge in [-0.25, -0.2) is 4.98 Å². The van der Waals surface area contributed by atoms with Crippen LogP contribution in [-0.2, 0) is 0 Å². The summed E-state index contributed by atoms with van der Waals surface area (Å²) in [7, 11) is 0. The molecule has 3 nitrogen and oxygen atoms in total. The first-order valence-corrected chi connectivity index (χ1v) is 5.92. The first-order valence-electron chi connectivity index (χ1n) is 5.92. The molecule has 2 aromatic rings. The molecule has 0 amide bonds. The number of pyridine rings is 1. The summed E-state index contributed by atoms with van der Waals surface area (Å²) >= 11 is 0. The zero-order valence-electron chi connectivity index (χ0n) is 9.56. The van der Waals surface area contributed by atoms with E-state index in [0.29, 0.717) is 5.69 Å². The summed E-state index contributed by atoms with van der Waals surface area (Å²) in [6.07, 6.45) is 4.25. The molecule has 1 aromatic heterocycles. The maximum atomic E-state index is 8.99. The Kier molecular flexibility index (Phi) is 2.41. The molecular weight excluding hydrogens is 210 g/mol. The SMILES string of the molecule is N#Cc1nccc2cc(N3CCCC3)ccc12. The second kappa shape index (κ2) is 4.06. The number of hydrogen-bond acceptors (Lipinski definition) is 3. The Hall–Kier alpha value is -2.08. The number of hydrogen-bond donors (Lipinski definition) is 0. The third-order valence-corrected chi connectivity index (χ3v) is 3.33. The second-order valence-corrected chi connectivity index (χ2v) is 4.37. The maximum absolute atomic E-state index is 8.99. The predicted octanol–water partition coefficient (Wildman–Crippen LogP) is 2.71. The molecule has 2 heterocycles. The lowest BCUT2D eigenvalue weighted by atomic mass is 10.1. The number of nitrogens with zero attached hydrogens (tertiary/aromatic N) is 3. The molecule has 0 unspecified atom stereocenters. The summed E-state index contributed by atoms with van der Waals surface area (Å²) in [5.74, 6) is 0. The van der Waals surface area contributed by atoms with E-state index in [-0.39, 0.29) is 0 Å². The van der Waals surface area contributed by atoms with E-state index in [1.54, 1.807) is 6.20 Å². The molecule has 1 aliphatic rings. The topological polar surface area (TPSA) is 39.9 Å². The lowest BCUT2D eigenvalue weighted by Gasteiger charge is -2.18. The largest absolute Gasteiger partial charge is 0.372 e. The number of rotatable bonds is 1. The van der Waals surface area contributed by atoms with Gasteiger partial charge in [0.15, 0.2) is 0 Å². The van der Waals surface area contributed by atoms with Crippen molar-refractivity contribution in [2.75, 3.05) is 18.0 Å². The van der Waals surface area contributed by atoms with Crippen molar-refractivity contribution in [2.24, 2.45) is 0 Å². The van der Waals surface area contributed by atoms with Gasteiger partial charge in [-0.05, 0) is 42.5 Å². The fourth-order valence-electron chi connectivity index (χ4n) is 2.43. The normalized spacial score (nSPS) is 15.1. The van der Waals surface area contributed by atoms with Crippen molar-refractivity contribution in [2.45, 2.75) is 12.8 Å². The molecule has 0 saturated carbocycles. The van der Waals surface area contributed by atoms with Crippen molar-refractivity contribution in [3.05, 3.63) is 36.2 Å². The van der Waals surface area contributed by atoms with E-state index < -0.39 is 0 Å². The Morgan fingerprint density at radius 1 is 1.18 bits per heavy atom. The Labute approximate surface area is 100 Å². The molecule has 3 rings (SSSR count). The van der Waals surface area contributed by atoms with E-state index in [0.717, 1.165) is 23.9 Å². The third-order valence-electron chi connectivity index (χ3n) is 3.33. The molecule has 0 N–H and O–H groups in total. The summed E-state index contributed by atoms with van der Waals surface area (Å²) in [6, 6.07) is 10.4. The van der Waals surface area contributed by atoms with Crippen LogP contribution in [-0.4, -0.2) is 18.1 Å². The Balaban J connectivity index is 2.11. The molecule has 1 saturated heterocycles. The number of benzene rings is 1. The highest BCUT2D eigenvalue weighted by molar-refractivity contribution is 5.89. The molecule has 0 radical (unpaired) electrons. The van der Waals surface area contributed by atoms with Gasteiger partial charge in [0.25, 0.3) is 0 Å². The van der Waals surface area contributed by atoms with E-state index in [4.69, 9.17) is 5.26 Å². The van der Waals surface area contributed by atoms with E-state index >= 15 is 0 Å². The first-order chi connectivity index (χ1) is 8.38. The first kappa shape index (κ1) is 10.1. The molecule has 0 bridgehead atoms. The average molecular weight is 223 g/mol. The Morgan fingerprint density at radius 3 is 2.76 bits per heavy atom. The van der Waals surface area contributed by atoms with Crippen molar-refractivity contribution in [1.29, 1.82) is 5.26 Å². The van der Waals surface area contributed by atoms with Crippen LogP contribution in [0.5, 0.6) is 0 Å². The lowest BCUT2D eigenvalue weighted by Crippen LogP contribution is -2.17. The van der Waals surface area contributed by atoms with Gasteiger partial charge < -0.3 is 4.90 Å². The van der Waals surface area contributed by atoms with Crippen molar-refractivity contribution in [3.63, 3.8) is 0 Å². The van der Waals surface area contributed by atoms with Gasteiger partial charge in [0, 0.05) is 30.4 Å². The standard InChI is InChI=1S/C14H13N3/c15-10-14-13-4-3-12(17-7-1-2-8-17)9-11(13)5-6-16-14/h3-6,9H,1-2,7-8H2. The minimum atomic E-state index is 0.510. The summed E-state index contributed by atoms with van der Waals surface area (Å²) in [4.78, 5) is 6.47. The minimum Gasteiger partial charge on any atom is -0.372 e. The summed E-state index contributed by atoms with van der Waals surface area (Å²) in [5, 5.41) is 11.0. The van der Waals surface area contributed by atoms with E-state index in [1.807, 2.05) is 12.1 Å². The second-order valence-electron chi connectivity index (χ2n) is 4.37. The molecule has 3 heteroatoms. The highest BCUT2D eigenvalue weighted by atomic mass is 15.1. The van der Waals surface area contributed by atoms with E-state index in [9.17, 15) is 0 Å². The van der Waals surface area contributed by atoms with Gasteiger partial charge in [-0.1, -0.05) is 0 Å². The van der Waals surface area contributed by atoms with Gasteiger partial charge in [-0.2, -0.15) is 5.26 Å². The number of anilines is 1. The van der Waals surface area contributed by atoms with Crippen LogP contribution in [0.15, 0.2) is 30.5 Å². The fourth-order valence-corrected chi connectivity index (χ4v) is 2.43. The summed E-state index contributed by atoms with van der Waals surface area (Å²) < 4.78 is 0. The van der Waals surface area contributed by atoms with Crippen LogP contribution in [0.2, 0.25) is 0 Å². The van der Waals surface area contributed by atoms with Crippen LogP contribution < -0.4 is 4.90 Å². The van der Waals surface area contributed by atoms with Crippen LogP contribution >= 0.6 is 0 Å². The maximum Gasteiger partial charge on any atom is 0.148 e. The van der Waals surface area contributed by atoms with Crippen molar-refractivity contribution >= 4 is 16.5 Å². The zero-order chi connectivity index (χ0) is 11.7. The minimum absolute atomic E-state index is 0.510. The summed E-state index contributed by atoms with van der Waals surface area (Å²) in [6.45, 7) is 2.28. The summed E-state index contributed by atoms with van der Waals surface area (Å²) in [5.41, 5.74) is 1.76. The molecule has 1 fully saturated rings. The molecule has 0 atom stereocenters. The van der Waals surface area contributed by atoms with E-state index in [2.05, 4.69) is 28.1 Å². The Morgan fingerprint density at radius 2 is 2.00 bits per heavy atom. The highest BCUT2D eigenvalue weighted by Crippen LogP contribution is 2.25. The third kappa shape index (κ3) is 1.72. The molecule has 0 spiro atoms. The zero-order valence-corrected chi connectivity index (χ0v) is 9.56. The van der Waals surface area contributed by atoms with Crippen molar-refractivity contribution < 1.29 is 0 Å². The van der Waals surface area contributed by atoms with Gasteiger partial charge in [0.2, 0.25) is 0 Å². The Bertz CT molecular complexity index is 592. The lowest BCUT2D eigenvalue weighted by molar-refractivity contribution is 0.949. The molecule has 1 aliphatic heterocycles. The smallest absolute Gasteiger partial charge is 0.148 e. The molecule has 0 aliphatic carbocycles. The fraction of sp³-hybridized carbons (Fsp3) is 0.286. The van der Waals surface area contributed by atoms with Crippen LogP contribution in [0.4, 0.5) is 5.69 Å². The molecular formula is C14H13N3. The van der Waals surface area contributed by atoms with Crippen LogP contribution in [0.1, 0.15) is 18.5 Å². The van der Waals surface area contributed by atoms with Gasteiger partial charge in [-0.3, -0.25) is 0 Å². The number of aromatic nitrogens is 1. The monoisotopic (exact) mass is 223 g/mol. The van der Waals surface area contributed by atoms with Gasteiger partial charge in [0.05, 0.1) is 0 Å². The number of nitriles is 1. The van der Waals surface area contributed by atoms with Crippen LogP contribution in [0.25, 0.3) is 10.8 Å². The predicted molar refractivity (Wildman–Crippen MR) is 67.9 cm³/mol.